The number of phenols is 1. The molecule has 5 nitrogen and oxygen atoms in total. The van der Waals surface area contributed by atoms with Crippen molar-refractivity contribution in [2.24, 2.45) is 10.9 Å². The third-order valence-corrected chi connectivity index (χ3v) is 7.08. The van der Waals surface area contributed by atoms with Gasteiger partial charge in [0.15, 0.2) is 0 Å². The van der Waals surface area contributed by atoms with Crippen molar-refractivity contribution < 1.29 is 35.6 Å². The number of aliphatic imine (C=N–C) groups is 1. The number of hydrogen-bond acceptors (Lipinski definition) is 5. The molecule has 35 heavy (non-hydrogen) atoms. The zero-order chi connectivity index (χ0) is 23.5. The summed E-state index contributed by atoms with van der Waals surface area (Å²) in [5.41, 5.74) is 2.89. The Labute approximate surface area is 219 Å². The Bertz CT molecular complexity index is 1470. The molecule has 0 radical (unpaired) electrons. The first-order valence-electron chi connectivity index (χ1n) is 11.6. The summed E-state index contributed by atoms with van der Waals surface area (Å²) in [6.07, 6.45) is 0.815. The standard InChI is InChI=1S/C29H25N2O3.Pt/c1-18(2)29-23-12-5-4-8-21(23)17-28(29,3)34-27(31-29)20-10-6-11-22(16-20)33-25-15-14-19-9-7-13-24(32)26(19)30-25;/h4-15,18,32H,17H2,1-3H3;/q-1;/t28-,29+;/m1./s1. The zero-order valence-corrected chi connectivity index (χ0v) is 22.0. The molecular weight excluding hydrogens is 619 g/mol. The summed E-state index contributed by atoms with van der Waals surface area (Å²) in [6, 6.07) is 26.4. The number of para-hydroxylation sites is 1. The van der Waals surface area contributed by atoms with Crippen LogP contribution in [-0.4, -0.2) is 21.6 Å². The third kappa shape index (κ3) is 3.56. The molecule has 1 aliphatic carbocycles. The molecular formula is C29H25N2O3Pt-. The number of ether oxygens (including phenoxy) is 2. The first-order valence-corrected chi connectivity index (χ1v) is 11.6. The van der Waals surface area contributed by atoms with E-state index < -0.39 is 11.1 Å². The van der Waals surface area contributed by atoms with Crippen LogP contribution in [0.25, 0.3) is 10.9 Å². The number of aromatic hydroxyl groups is 1. The molecule has 0 saturated carbocycles. The molecule has 1 aliphatic heterocycles. The predicted octanol–water partition coefficient (Wildman–Crippen LogP) is 6.17. The van der Waals surface area contributed by atoms with E-state index in [-0.39, 0.29) is 32.7 Å². The molecule has 0 spiro atoms. The summed E-state index contributed by atoms with van der Waals surface area (Å²) in [5, 5.41) is 11.0. The van der Waals surface area contributed by atoms with Crippen LogP contribution < -0.4 is 4.74 Å². The monoisotopic (exact) mass is 644 g/mol. The molecule has 3 aromatic carbocycles. The number of pyridine rings is 1. The molecule has 1 N–H and O–H groups in total. The Kier molecular flexibility index (Phi) is 5.72. The van der Waals surface area contributed by atoms with Gasteiger partial charge in [0.2, 0.25) is 5.88 Å². The second-order valence-electron chi connectivity index (χ2n) is 9.53. The number of nitrogens with zero attached hydrogens (tertiary/aromatic N) is 2. The minimum absolute atomic E-state index is 0. The SMILES string of the molecule is CC(C)[C@@]12N=C(c3[c-]c(Oc4ccc5cccc(O)c5n4)ccc3)O[C@]1(C)Cc1ccccc12.[Pt]. The minimum atomic E-state index is -0.456. The number of fused-ring (bicyclic) bond motifs is 4. The van der Waals surface area contributed by atoms with Crippen molar-refractivity contribution in [3.05, 3.63) is 95.6 Å². The van der Waals surface area contributed by atoms with Crippen LogP contribution in [0.5, 0.6) is 17.4 Å². The third-order valence-electron chi connectivity index (χ3n) is 7.08. The van der Waals surface area contributed by atoms with Gasteiger partial charge in [-0.1, -0.05) is 61.9 Å². The molecule has 0 bridgehead atoms. The number of phenolic OH excluding ortho intramolecular Hbond substituents is 1. The van der Waals surface area contributed by atoms with Gasteiger partial charge in [0.05, 0.1) is 0 Å². The van der Waals surface area contributed by atoms with Crippen LogP contribution in [-0.2, 0) is 37.8 Å². The molecule has 6 heteroatoms. The van der Waals surface area contributed by atoms with Gasteiger partial charge in [0.1, 0.15) is 28.3 Å². The van der Waals surface area contributed by atoms with Crippen molar-refractivity contribution in [1.82, 2.24) is 4.98 Å². The summed E-state index contributed by atoms with van der Waals surface area (Å²) >= 11 is 0. The summed E-state index contributed by atoms with van der Waals surface area (Å²) < 4.78 is 12.6. The van der Waals surface area contributed by atoms with Crippen LogP contribution in [0, 0.1) is 12.0 Å². The van der Waals surface area contributed by atoms with Crippen molar-refractivity contribution in [1.29, 1.82) is 0 Å². The fourth-order valence-corrected chi connectivity index (χ4v) is 5.60. The Morgan fingerprint density at radius 1 is 1.00 bits per heavy atom. The molecule has 2 atom stereocenters. The van der Waals surface area contributed by atoms with Crippen LogP contribution in [0.2, 0.25) is 0 Å². The first kappa shape index (κ1) is 23.6. The second-order valence-corrected chi connectivity index (χ2v) is 9.53. The van der Waals surface area contributed by atoms with Crippen LogP contribution >= 0.6 is 0 Å². The Morgan fingerprint density at radius 2 is 1.80 bits per heavy atom. The molecule has 180 valence electrons. The van der Waals surface area contributed by atoms with Gasteiger partial charge in [0.25, 0.3) is 0 Å². The van der Waals surface area contributed by atoms with Gasteiger partial charge in [-0.3, -0.25) is 4.99 Å². The summed E-state index contributed by atoms with van der Waals surface area (Å²) in [5.74, 6) is 1.85. The fraction of sp³-hybridized carbons (Fsp3) is 0.241. The van der Waals surface area contributed by atoms with E-state index >= 15 is 0 Å². The van der Waals surface area contributed by atoms with E-state index in [1.165, 1.54) is 11.1 Å². The van der Waals surface area contributed by atoms with Crippen LogP contribution in [0.15, 0.2) is 77.8 Å². The maximum Gasteiger partial charge on any atom is 0.217 e. The maximum atomic E-state index is 10.1. The maximum absolute atomic E-state index is 10.1. The van der Waals surface area contributed by atoms with Crippen molar-refractivity contribution >= 4 is 16.8 Å². The topological polar surface area (TPSA) is 63.9 Å². The molecule has 2 aliphatic rings. The van der Waals surface area contributed by atoms with Gasteiger partial charge in [0, 0.05) is 44.7 Å². The molecule has 6 rings (SSSR count). The van der Waals surface area contributed by atoms with Crippen molar-refractivity contribution in [2.45, 2.75) is 38.3 Å². The van der Waals surface area contributed by atoms with Gasteiger partial charge in [-0.05, 0) is 36.1 Å². The largest absolute Gasteiger partial charge is 0.511 e. The molecule has 0 fully saturated rings. The average molecular weight is 645 g/mol. The Balaban J connectivity index is 0.00000253. The Hall–Kier alpha value is -3.17. The van der Waals surface area contributed by atoms with E-state index in [1.807, 2.05) is 30.3 Å². The van der Waals surface area contributed by atoms with Crippen molar-refractivity contribution in [3.8, 4) is 17.4 Å². The number of aromatic nitrogens is 1. The summed E-state index contributed by atoms with van der Waals surface area (Å²) in [7, 11) is 0. The van der Waals surface area contributed by atoms with E-state index in [0.717, 1.165) is 17.4 Å². The van der Waals surface area contributed by atoms with Crippen molar-refractivity contribution in [3.63, 3.8) is 0 Å². The van der Waals surface area contributed by atoms with E-state index in [2.05, 4.69) is 56.1 Å². The van der Waals surface area contributed by atoms with Gasteiger partial charge in [-0.2, -0.15) is 0 Å². The van der Waals surface area contributed by atoms with Gasteiger partial charge < -0.3 is 14.6 Å². The minimum Gasteiger partial charge on any atom is -0.511 e. The molecule has 0 saturated heterocycles. The Morgan fingerprint density at radius 3 is 2.63 bits per heavy atom. The van der Waals surface area contributed by atoms with E-state index in [0.29, 0.717) is 23.0 Å². The van der Waals surface area contributed by atoms with E-state index in [9.17, 15) is 5.11 Å². The van der Waals surface area contributed by atoms with E-state index in [1.54, 1.807) is 18.2 Å². The first-order chi connectivity index (χ1) is 16.4. The quantitative estimate of drug-likeness (QED) is 0.270. The van der Waals surface area contributed by atoms with Gasteiger partial charge in [-0.15, -0.1) is 18.2 Å². The molecule has 1 aromatic heterocycles. The summed E-state index contributed by atoms with van der Waals surface area (Å²) in [6.45, 7) is 6.58. The van der Waals surface area contributed by atoms with E-state index in [4.69, 9.17) is 14.5 Å². The second kappa shape index (κ2) is 8.49. The zero-order valence-electron chi connectivity index (χ0n) is 19.7. The van der Waals surface area contributed by atoms with Gasteiger partial charge in [-0.25, -0.2) is 4.98 Å². The van der Waals surface area contributed by atoms with Crippen LogP contribution in [0.3, 0.4) is 0 Å². The molecule has 0 unspecified atom stereocenters. The number of hydrogen-bond donors (Lipinski definition) is 1. The average Bonchev–Trinajstić information content (AvgIpc) is 3.26. The van der Waals surface area contributed by atoms with Crippen molar-refractivity contribution in [2.75, 3.05) is 0 Å². The molecule has 4 aromatic rings. The van der Waals surface area contributed by atoms with Gasteiger partial charge >= 0.3 is 0 Å². The molecule has 0 amide bonds. The summed E-state index contributed by atoms with van der Waals surface area (Å²) in [4.78, 5) is 9.68. The normalized spacial score (nSPS) is 22.2. The fourth-order valence-electron chi connectivity index (χ4n) is 5.60. The molecule has 2 heterocycles. The van der Waals surface area contributed by atoms with Crippen LogP contribution in [0.1, 0.15) is 37.5 Å². The number of benzene rings is 3. The van der Waals surface area contributed by atoms with Crippen LogP contribution in [0.4, 0.5) is 0 Å². The predicted molar refractivity (Wildman–Crippen MR) is 131 cm³/mol. The smallest absolute Gasteiger partial charge is 0.217 e. The number of rotatable bonds is 4.